The minimum absolute atomic E-state index is 0.106. The van der Waals surface area contributed by atoms with Gasteiger partial charge in [0.2, 0.25) is 0 Å². The zero-order chi connectivity index (χ0) is 62.0. The molecule has 0 fully saturated rings. The van der Waals surface area contributed by atoms with Crippen molar-refractivity contribution < 1.29 is 80.2 Å². The van der Waals surface area contributed by atoms with Crippen molar-refractivity contribution >= 4 is 39.5 Å². The normalized spacial score (nSPS) is 14.2. The fraction of sp³-hybridized carbons (Fsp3) is 0.938. The van der Waals surface area contributed by atoms with E-state index in [9.17, 15) is 43.2 Å². The first-order valence-electron chi connectivity index (χ1n) is 34.1. The van der Waals surface area contributed by atoms with Crippen LogP contribution < -0.4 is 0 Å². The van der Waals surface area contributed by atoms with Crippen molar-refractivity contribution in [1.82, 2.24) is 0 Å². The molecule has 498 valence electrons. The Morgan fingerprint density at radius 2 is 0.548 bits per heavy atom. The van der Waals surface area contributed by atoms with Crippen molar-refractivity contribution in [3.05, 3.63) is 0 Å². The minimum atomic E-state index is -4.94. The molecule has 0 heterocycles. The van der Waals surface area contributed by atoms with E-state index in [0.717, 1.165) is 96.3 Å². The monoisotopic (exact) mass is 1240 g/mol. The number of unbranched alkanes of at least 4 members (excludes halogenated alkanes) is 37. The summed E-state index contributed by atoms with van der Waals surface area (Å²) in [7, 11) is -9.88. The van der Waals surface area contributed by atoms with E-state index in [1.807, 2.05) is 0 Å². The highest BCUT2D eigenvalue weighted by Gasteiger charge is 2.30. The van der Waals surface area contributed by atoms with Gasteiger partial charge in [-0.25, -0.2) is 9.13 Å². The molecular weight excluding hydrogens is 1110 g/mol. The maximum absolute atomic E-state index is 13.0. The summed E-state index contributed by atoms with van der Waals surface area (Å²) in [6.07, 6.45) is 43.3. The van der Waals surface area contributed by atoms with Gasteiger partial charge in [-0.1, -0.05) is 279 Å². The molecule has 0 aromatic carbocycles. The molecule has 84 heavy (non-hydrogen) atoms. The molecule has 0 rings (SSSR count). The van der Waals surface area contributed by atoms with Crippen molar-refractivity contribution in [2.45, 2.75) is 348 Å². The van der Waals surface area contributed by atoms with Crippen LogP contribution in [0.15, 0.2) is 0 Å². The smallest absolute Gasteiger partial charge is 0.462 e. The summed E-state index contributed by atoms with van der Waals surface area (Å²) in [5, 5.41) is 10.5. The Labute approximate surface area is 511 Å². The summed E-state index contributed by atoms with van der Waals surface area (Å²) < 4.78 is 67.9. The molecule has 0 spiro atoms. The fourth-order valence-electron chi connectivity index (χ4n) is 9.76. The molecular formula is C65H126O17P2. The number of hydrogen-bond acceptors (Lipinski definition) is 15. The lowest BCUT2D eigenvalue weighted by molar-refractivity contribution is -0.161. The Balaban J connectivity index is 5.17. The van der Waals surface area contributed by atoms with Gasteiger partial charge in [0.25, 0.3) is 0 Å². The van der Waals surface area contributed by atoms with Crippen LogP contribution in [0.3, 0.4) is 0 Å². The summed E-state index contributed by atoms with van der Waals surface area (Å²) in [5.41, 5.74) is 0. The summed E-state index contributed by atoms with van der Waals surface area (Å²) in [5.74, 6) is -1.45. The molecule has 3 N–H and O–H groups in total. The second-order valence-corrected chi connectivity index (χ2v) is 26.9. The van der Waals surface area contributed by atoms with Crippen LogP contribution in [-0.4, -0.2) is 96.7 Å². The number of hydrogen-bond donors (Lipinski definition) is 3. The number of carbonyl (C=O) groups excluding carboxylic acids is 4. The third-order valence-electron chi connectivity index (χ3n) is 15.0. The van der Waals surface area contributed by atoms with Crippen molar-refractivity contribution in [2.24, 2.45) is 5.92 Å². The maximum atomic E-state index is 13.0. The van der Waals surface area contributed by atoms with Gasteiger partial charge in [-0.15, -0.1) is 0 Å². The van der Waals surface area contributed by atoms with E-state index in [4.69, 9.17) is 37.0 Å². The molecule has 0 saturated carbocycles. The first-order chi connectivity index (χ1) is 40.5. The van der Waals surface area contributed by atoms with Crippen molar-refractivity contribution in [3.63, 3.8) is 0 Å². The van der Waals surface area contributed by atoms with Gasteiger partial charge >= 0.3 is 39.5 Å². The van der Waals surface area contributed by atoms with Gasteiger partial charge in [-0.2, -0.15) is 0 Å². The van der Waals surface area contributed by atoms with Crippen LogP contribution in [0.5, 0.6) is 0 Å². The first kappa shape index (κ1) is 82.1. The van der Waals surface area contributed by atoms with E-state index in [1.54, 1.807) is 0 Å². The summed E-state index contributed by atoms with van der Waals surface area (Å²) in [6, 6.07) is 0. The summed E-state index contributed by atoms with van der Waals surface area (Å²) >= 11 is 0. The van der Waals surface area contributed by atoms with Gasteiger partial charge < -0.3 is 33.8 Å². The molecule has 0 aliphatic rings. The average Bonchev–Trinajstić information content (AvgIpc) is 3.61. The second kappa shape index (κ2) is 58.7. The average molecular weight is 1240 g/mol. The number of phosphoric ester groups is 2. The van der Waals surface area contributed by atoms with Gasteiger partial charge in [-0.05, 0) is 31.6 Å². The van der Waals surface area contributed by atoms with E-state index in [-0.39, 0.29) is 25.7 Å². The molecule has 19 heteroatoms. The SMILES string of the molecule is CCCCCCCCCCCCCCCCCCCC(=O)O[C@H](COC(=O)CCCCCCCCC(C)C)COP(=O)(O)OC[C@@H](O)COP(=O)(O)OC[C@@H](COC(=O)CCCCCCCCCCC)OC(=O)CCCCCCCCCCC. The molecule has 0 aliphatic heterocycles. The highest BCUT2D eigenvalue weighted by molar-refractivity contribution is 7.47. The largest absolute Gasteiger partial charge is 0.472 e. The van der Waals surface area contributed by atoms with Crippen molar-refractivity contribution in [1.29, 1.82) is 0 Å². The molecule has 0 bridgehead atoms. The summed E-state index contributed by atoms with van der Waals surface area (Å²) in [4.78, 5) is 72.1. The molecule has 5 atom stereocenters. The Kier molecular flexibility index (Phi) is 57.4. The van der Waals surface area contributed by atoms with Crippen LogP contribution in [0.4, 0.5) is 0 Å². The van der Waals surface area contributed by atoms with Crippen LogP contribution in [0.2, 0.25) is 0 Å². The minimum Gasteiger partial charge on any atom is -0.462 e. The lowest BCUT2D eigenvalue weighted by Gasteiger charge is -2.21. The van der Waals surface area contributed by atoms with Gasteiger partial charge in [0.1, 0.15) is 19.3 Å². The van der Waals surface area contributed by atoms with E-state index in [0.29, 0.717) is 31.6 Å². The zero-order valence-electron chi connectivity index (χ0n) is 54.0. The van der Waals surface area contributed by atoms with Crippen LogP contribution >= 0.6 is 15.6 Å². The highest BCUT2D eigenvalue weighted by Crippen LogP contribution is 2.45. The number of esters is 4. The van der Waals surface area contributed by atoms with Crippen LogP contribution in [-0.2, 0) is 65.4 Å². The quantitative estimate of drug-likeness (QED) is 0.0222. The Morgan fingerprint density at radius 3 is 0.810 bits per heavy atom. The van der Waals surface area contributed by atoms with Gasteiger partial charge in [-0.3, -0.25) is 37.3 Å². The van der Waals surface area contributed by atoms with Gasteiger partial charge in [0.05, 0.1) is 26.4 Å². The third kappa shape index (κ3) is 59.0. The molecule has 0 aromatic heterocycles. The third-order valence-corrected chi connectivity index (χ3v) is 16.9. The first-order valence-corrected chi connectivity index (χ1v) is 37.1. The molecule has 0 radical (unpaired) electrons. The van der Waals surface area contributed by atoms with Crippen LogP contribution in [0.1, 0.15) is 330 Å². The molecule has 2 unspecified atom stereocenters. The zero-order valence-corrected chi connectivity index (χ0v) is 55.8. The van der Waals surface area contributed by atoms with Crippen LogP contribution in [0, 0.1) is 5.92 Å². The standard InChI is InChI=1S/C65H126O17P2/c1-6-9-12-15-18-21-22-23-24-25-26-27-28-31-34-41-46-51-65(70)82-61(55-76-63(68)49-44-39-36-35-37-42-47-58(4)5)57-80-84(73,74)78-53-59(66)52-77-83(71,72)79-56-60(81-64(69)50-45-40-33-30-20-17-14-11-8-3)54-75-62(67)48-43-38-32-29-19-16-13-10-7-2/h58-61,66H,6-57H2,1-5H3,(H,71,72)(H,73,74)/t59-,60+,61+/m0/s1. The summed E-state index contributed by atoms with van der Waals surface area (Å²) in [6.45, 7) is 7.09. The molecule has 17 nitrogen and oxygen atoms in total. The van der Waals surface area contributed by atoms with E-state index in [1.165, 1.54) is 148 Å². The van der Waals surface area contributed by atoms with Gasteiger partial charge in [0.15, 0.2) is 12.2 Å². The predicted octanol–water partition coefficient (Wildman–Crippen LogP) is 18.2. The number of aliphatic hydroxyl groups excluding tert-OH is 1. The molecule has 0 aliphatic carbocycles. The van der Waals surface area contributed by atoms with Crippen LogP contribution in [0.25, 0.3) is 0 Å². The second-order valence-electron chi connectivity index (χ2n) is 24.0. The Hall–Kier alpha value is -1.94. The van der Waals surface area contributed by atoms with Crippen molar-refractivity contribution in [3.8, 4) is 0 Å². The number of rotatable bonds is 65. The van der Waals surface area contributed by atoms with Crippen molar-refractivity contribution in [2.75, 3.05) is 39.6 Å². The fourth-order valence-corrected chi connectivity index (χ4v) is 11.3. The Morgan fingerprint density at radius 1 is 0.321 bits per heavy atom. The van der Waals surface area contributed by atoms with E-state index < -0.39 is 97.5 Å². The number of aliphatic hydroxyl groups is 1. The van der Waals surface area contributed by atoms with E-state index >= 15 is 0 Å². The number of carbonyl (C=O) groups is 4. The number of ether oxygens (including phenoxy) is 4. The topological polar surface area (TPSA) is 237 Å². The Bertz CT molecular complexity index is 1640. The van der Waals surface area contributed by atoms with Gasteiger partial charge in [0, 0.05) is 25.7 Å². The molecule has 0 saturated heterocycles. The predicted molar refractivity (Wildman–Crippen MR) is 335 cm³/mol. The highest BCUT2D eigenvalue weighted by atomic mass is 31.2. The molecule has 0 amide bonds. The lowest BCUT2D eigenvalue weighted by atomic mass is 10.0. The molecule has 0 aromatic rings. The lowest BCUT2D eigenvalue weighted by Crippen LogP contribution is -2.30. The number of phosphoric acid groups is 2. The maximum Gasteiger partial charge on any atom is 0.472 e. The van der Waals surface area contributed by atoms with E-state index in [2.05, 4.69) is 34.6 Å².